The molecule has 5 heteroatoms. The van der Waals surface area contributed by atoms with Crippen molar-refractivity contribution in [2.45, 2.75) is 20.4 Å². The van der Waals surface area contributed by atoms with Crippen molar-refractivity contribution in [2.75, 3.05) is 0 Å². The highest BCUT2D eigenvalue weighted by molar-refractivity contribution is 6.25. The zero-order valence-electron chi connectivity index (χ0n) is 7.99. The van der Waals surface area contributed by atoms with Gasteiger partial charge in [-0.15, -0.1) is 0 Å². The second-order valence-corrected chi connectivity index (χ2v) is 3.26. The van der Waals surface area contributed by atoms with Gasteiger partial charge in [-0.1, -0.05) is 11.6 Å². The summed E-state index contributed by atoms with van der Waals surface area (Å²) in [6.45, 7) is 4.04. The minimum absolute atomic E-state index is 0.181. The Morgan fingerprint density at radius 1 is 1.79 bits per heavy atom. The third-order valence-electron chi connectivity index (χ3n) is 1.87. The number of aromatic carboxylic acids is 1. The van der Waals surface area contributed by atoms with Gasteiger partial charge in [-0.2, -0.15) is 0 Å². The molecule has 0 aliphatic heterocycles. The number of hydrogen-bond acceptors (Lipinski definition) is 2. The highest BCUT2D eigenvalue weighted by Crippen LogP contribution is 2.09. The fraction of sp³-hybridized carbons (Fsp3) is 0.333. The number of aryl methyl sites for hydroxylation is 1. The topological polar surface area (TPSA) is 55.1 Å². The van der Waals surface area contributed by atoms with E-state index in [0.29, 0.717) is 12.4 Å². The second-order valence-electron chi connectivity index (χ2n) is 3.04. The van der Waals surface area contributed by atoms with Crippen LogP contribution in [0.15, 0.2) is 17.3 Å². The molecular formula is C9H11ClN2O2. The summed E-state index contributed by atoms with van der Waals surface area (Å²) in [5.41, 5.74) is 2.50. The first-order chi connectivity index (χ1) is 6.56. The third-order valence-corrected chi connectivity index (χ3v) is 2.24. The van der Waals surface area contributed by atoms with E-state index in [-0.39, 0.29) is 5.69 Å². The molecule has 0 aliphatic rings. The lowest BCUT2D eigenvalue weighted by atomic mass is 10.3. The molecule has 0 radical (unpaired) electrons. The summed E-state index contributed by atoms with van der Waals surface area (Å²) < 4.78 is 1.61. The largest absolute Gasteiger partial charge is 0.477 e. The molecule has 0 aliphatic carbocycles. The van der Waals surface area contributed by atoms with Gasteiger partial charge < -0.3 is 9.67 Å². The maximum atomic E-state index is 10.8. The molecule has 0 atom stereocenters. The molecule has 0 amide bonds. The van der Waals surface area contributed by atoms with Crippen molar-refractivity contribution < 1.29 is 9.90 Å². The van der Waals surface area contributed by atoms with Gasteiger partial charge in [0, 0.05) is 12.1 Å². The number of nitrogens with zero attached hydrogens (tertiary/aromatic N) is 2. The van der Waals surface area contributed by atoms with Crippen LogP contribution in [0.4, 0.5) is 0 Å². The molecule has 0 saturated carbocycles. The SMILES string of the molecule is C/C(=C/Cl)Cn1c(C(=O)O)cnc1C. The Balaban J connectivity index is 3.05. The van der Waals surface area contributed by atoms with Crippen LogP contribution in [0.1, 0.15) is 23.2 Å². The average molecular weight is 215 g/mol. The number of carboxylic acid groups (broad SMARTS) is 1. The number of carbonyl (C=O) groups is 1. The van der Waals surface area contributed by atoms with Crippen molar-refractivity contribution in [3.05, 3.63) is 28.8 Å². The Kier molecular flexibility index (Phi) is 3.30. The molecule has 0 unspecified atom stereocenters. The van der Waals surface area contributed by atoms with Crippen LogP contribution in [0.5, 0.6) is 0 Å². The Morgan fingerprint density at radius 3 is 2.93 bits per heavy atom. The van der Waals surface area contributed by atoms with Crippen molar-refractivity contribution in [1.29, 1.82) is 0 Å². The molecular weight excluding hydrogens is 204 g/mol. The van der Waals surface area contributed by atoms with E-state index in [1.54, 1.807) is 11.5 Å². The number of hydrogen-bond donors (Lipinski definition) is 1. The summed E-state index contributed by atoms with van der Waals surface area (Å²) >= 11 is 5.51. The van der Waals surface area contributed by atoms with Crippen LogP contribution in [0.25, 0.3) is 0 Å². The Bertz CT molecular complexity index is 382. The standard InChI is InChI=1S/C9H11ClN2O2/c1-6(3-10)5-12-7(2)11-4-8(12)9(13)14/h3-4H,5H2,1-2H3,(H,13,14)/b6-3-. The molecule has 0 bridgehead atoms. The van der Waals surface area contributed by atoms with Gasteiger partial charge in [0.05, 0.1) is 6.20 Å². The zero-order chi connectivity index (χ0) is 10.7. The van der Waals surface area contributed by atoms with Crippen LogP contribution in [0, 0.1) is 6.92 Å². The lowest BCUT2D eigenvalue weighted by molar-refractivity contribution is 0.0685. The third kappa shape index (κ3) is 2.14. The van der Waals surface area contributed by atoms with Gasteiger partial charge in [0.2, 0.25) is 0 Å². The van der Waals surface area contributed by atoms with Gasteiger partial charge in [0.15, 0.2) is 0 Å². The highest BCUT2D eigenvalue weighted by Gasteiger charge is 2.12. The molecule has 1 heterocycles. The monoisotopic (exact) mass is 214 g/mol. The number of imidazole rings is 1. The Labute approximate surface area is 86.8 Å². The van der Waals surface area contributed by atoms with Crippen molar-refractivity contribution in [2.24, 2.45) is 0 Å². The van der Waals surface area contributed by atoms with E-state index in [1.807, 2.05) is 6.92 Å². The van der Waals surface area contributed by atoms with Gasteiger partial charge in [-0.3, -0.25) is 0 Å². The van der Waals surface area contributed by atoms with Crippen molar-refractivity contribution in [1.82, 2.24) is 9.55 Å². The number of allylic oxidation sites excluding steroid dienone is 1. The van der Waals surface area contributed by atoms with Gasteiger partial charge in [0.1, 0.15) is 11.5 Å². The van der Waals surface area contributed by atoms with Crippen LogP contribution in [0.3, 0.4) is 0 Å². The molecule has 1 N–H and O–H groups in total. The van der Waals surface area contributed by atoms with Crippen LogP contribution < -0.4 is 0 Å². The quantitative estimate of drug-likeness (QED) is 0.838. The summed E-state index contributed by atoms with van der Waals surface area (Å²) in [5.74, 6) is -0.312. The summed E-state index contributed by atoms with van der Waals surface area (Å²) in [6.07, 6.45) is 1.35. The molecule has 0 aromatic carbocycles. The second kappa shape index (κ2) is 4.28. The van der Waals surface area contributed by atoms with E-state index in [1.165, 1.54) is 11.7 Å². The first-order valence-corrected chi connectivity index (χ1v) is 4.51. The minimum Gasteiger partial charge on any atom is -0.477 e. The number of halogens is 1. The Hall–Kier alpha value is -1.29. The van der Waals surface area contributed by atoms with Crippen LogP contribution in [0.2, 0.25) is 0 Å². The fourth-order valence-corrected chi connectivity index (χ4v) is 1.19. The number of carboxylic acids is 1. The van der Waals surface area contributed by atoms with Crippen molar-refractivity contribution >= 4 is 17.6 Å². The molecule has 76 valence electrons. The number of rotatable bonds is 3. The summed E-state index contributed by atoms with van der Waals surface area (Å²) in [4.78, 5) is 14.7. The normalized spacial score (nSPS) is 11.8. The van der Waals surface area contributed by atoms with Crippen molar-refractivity contribution in [3.63, 3.8) is 0 Å². The van der Waals surface area contributed by atoms with E-state index in [9.17, 15) is 4.79 Å². The summed E-state index contributed by atoms with van der Waals surface area (Å²) in [6, 6.07) is 0. The molecule has 0 fully saturated rings. The van der Waals surface area contributed by atoms with E-state index < -0.39 is 5.97 Å². The van der Waals surface area contributed by atoms with Gasteiger partial charge in [-0.05, 0) is 19.4 Å². The molecule has 1 aromatic heterocycles. The fourth-order valence-electron chi connectivity index (χ4n) is 1.12. The van der Waals surface area contributed by atoms with E-state index >= 15 is 0 Å². The van der Waals surface area contributed by atoms with Crippen LogP contribution in [-0.4, -0.2) is 20.6 Å². The predicted octanol–water partition coefficient (Wildman–Crippen LogP) is 2.03. The van der Waals surface area contributed by atoms with Gasteiger partial charge >= 0.3 is 5.97 Å². The Morgan fingerprint density at radius 2 is 2.43 bits per heavy atom. The maximum Gasteiger partial charge on any atom is 0.354 e. The van der Waals surface area contributed by atoms with Crippen LogP contribution in [-0.2, 0) is 6.54 Å². The minimum atomic E-state index is -0.979. The maximum absolute atomic E-state index is 10.8. The molecule has 14 heavy (non-hydrogen) atoms. The first-order valence-electron chi connectivity index (χ1n) is 4.07. The zero-order valence-corrected chi connectivity index (χ0v) is 8.75. The van der Waals surface area contributed by atoms with Gasteiger partial charge in [0.25, 0.3) is 0 Å². The van der Waals surface area contributed by atoms with E-state index in [2.05, 4.69) is 4.98 Å². The molecule has 0 saturated heterocycles. The van der Waals surface area contributed by atoms with Crippen LogP contribution >= 0.6 is 11.6 Å². The molecule has 1 rings (SSSR count). The molecule has 4 nitrogen and oxygen atoms in total. The highest BCUT2D eigenvalue weighted by atomic mass is 35.5. The molecule has 0 spiro atoms. The summed E-state index contributed by atoms with van der Waals surface area (Å²) in [7, 11) is 0. The molecule has 1 aromatic rings. The van der Waals surface area contributed by atoms with Crippen molar-refractivity contribution in [3.8, 4) is 0 Å². The van der Waals surface area contributed by atoms with Gasteiger partial charge in [-0.25, -0.2) is 9.78 Å². The lowest BCUT2D eigenvalue weighted by Gasteiger charge is -2.06. The lowest BCUT2D eigenvalue weighted by Crippen LogP contribution is -2.10. The average Bonchev–Trinajstić information content (AvgIpc) is 2.48. The summed E-state index contributed by atoms with van der Waals surface area (Å²) in [5, 5.41) is 8.85. The first kappa shape index (κ1) is 10.8. The van der Waals surface area contributed by atoms with E-state index in [4.69, 9.17) is 16.7 Å². The number of aromatic nitrogens is 2. The smallest absolute Gasteiger partial charge is 0.354 e. The predicted molar refractivity (Wildman–Crippen MR) is 53.5 cm³/mol. The van der Waals surface area contributed by atoms with E-state index in [0.717, 1.165) is 5.57 Å².